The number of thioether (sulfide) groups is 1. The van der Waals surface area contributed by atoms with Gasteiger partial charge in [-0.25, -0.2) is 4.99 Å². The predicted octanol–water partition coefficient (Wildman–Crippen LogP) is 4.43. The molecule has 0 atom stereocenters. The van der Waals surface area contributed by atoms with Crippen molar-refractivity contribution in [1.29, 1.82) is 0 Å². The van der Waals surface area contributed by atoms with Crippen molar-refractivity contribution in [2.24, 2.45) is 10.1 Å². The molecule has 0 aromatic heterocycles. The second-order valence-electron chi connectivity index (χ2n) is 5.55. The summed E-state index contributed by atoms with van der Waals surface area (Å²) in [5.41, 5.74) is 8.63. The van der Waals surface area contributed by atoms with Gasteiger partial charge < -0.3 is 4.74 Å². The molecule has 4 nitrogen and oxygen atoms in total. The number of hydrogen-bond acceptors (Lipinski definition) is 4. The van der Waals surface area contributed by atoms with Crippen molar-refractivity contribution < 1.29 is 4.74 Å². The first kappa shape index (κ1) is 16.6. The smallest absolute Gasteiger partial charge is 0.182 e. The molecule has 1 aliphatic rings. The Labute approximate surface area is 147 Å². The molecule has 0 amide bonds. The number of nitrogens with zero attached hydrogens (tertiary/aromatic N) is 2. The number of ether oxygens (including phenoxy) is 1. The molecule has 24 heavy (non-hydrogen) atoms. The lowest BCUT2D eigenvalue weighted by molar-refractivity contribution is 0.340. The Bertz CT molecular complexity index is 782. The first-order chi connectivity index (χ1) is 11.7. The number of benzene rings is 2. The fourth-order valence-electron chi connectivity index (χ4n) is 2.40. The molecule has 1 aliphatic heterocycles. The topological polar surface area (TPSA) is 46.0 Å². The third kappa shape index (κ3) is 3.79. The Balaban J connectivity index is 1.73. The van der Waals surface area contributed by atoms with E-state index >= 15 is 0 Å². The van der Waals surface area contributed by atoms with Gasteiger partial charge in [-0.15, -0.1) is 0 Å². The van der Waals surface area contributed by atoms with Crippen molar-refractivity contribution in [3.63, 3.8) is 0 Å². The Morgan fingerprint density at radius 1 is 1.17 bits per heavy atom. The number of hydrazone groups is 1. The summed E-state index contributed by atoms with van der Waals surface area (Å²) in [4.78, 5) is 4.69. The van der Waals surface area contributed by atoms with Crippen LogP contribution in [0.4, 0.5) is 5.69 Å². The first-order valence-electron chi connectivity index (χ1n) is 8.01. The SMILES string of the molecule is CCOc1ccc(C2=NNC(=Nc3cccc(C)c3C)SC2)cc1. The minimum atomic E-state index is 0.676. The molecule has 0 radical (unpaired) electrons. The molecule has 2 aromatic carbocycles. The number of nitrogens with one attached hydrogen (secondary N) is 1. The summed E-state index contributed by atoms with van der Waals surface area (Å²) in [6.45, 7) is 6.85. The van der Waals surface area contributed by atoms with Gasteiger partial charge in [0, 0.05) is 5.75 Å². The van der Waals surface area contributed by atoms with Crippen LogP contribution in [-0.2, 0) is 0 Å². The Morgan fingerprint density at radius 3 is 2.62 bits per heavy atom. The van der Waals surface area contributed by atoms with Gasteiger partial charge in [0.1, 0.15) is 5.75 Å². The highest BCUT2D eigenvalue weighted by molar-refractivity contribution is 8.14. The minimum absolute atomic E-state index is 0.676. The van der Waals surface area contributed by atoms with E-state index in [0.29, 0.717) is 6.61 Å². The second-order valence-corrected chi connectivity index (χ2v) is 6.52. The van der Waals surface area contributed by atoms with Gasteiger partial charge in [0.25, 0.3) is 0 Å². The van der Waals surface area contributed by atoms with E-state index in [2.05, 4.69) is 35.4 Å². The summed E-state index contributed by atoms with van der Waals surface area (Å²) < 4.78 is 5.47. The van der Waals surface area contributed by atoms with Crippen LogP contribution in [0, 0.1) is 13.8 Å². The predicted molar refractivity (Wildman–Crippen MR) is 103 cm³/mol. The molecule has 3 rings (SSSR count). The van der Waals surface area contributed by atoms with Gasteiger partial charge in [0.15, 0.2) is 5.17 Å². The van der Waals surface area contributed by atoms with Gasteiger partial charge in [0.05, 0.1) is 18.0 Å². The van der Waals surface area contributed by atoms with Crippen molar-refractivity contribution in [2.45, 2.75) is 20.8 Å². The lowest BCUT2D eigenvalue weighted by Crippen LogP contribution is -2.25. The van der Waals surface area contributed by atoms with Crippen LogP contribution in [-0.4, -0.2) is 23.2 Å². The second kappa shape index (κ2) is 7.53. The maximum Gasteiger partial charge on any atom is 0.182 e. The summed E-state index contributed by atoms with van der Waals surface area (Å²) in [7, 11) is 0. The summed E-state index contributed by atoms with van der Waals surface area (Å²) in [5, 5.41) is 5.31. The molecule has 5 heteroatoms. The average Bonchev–Trinajstić information content (AvgIpc) is 2.61. The van der Waals surface area contributed by atoms with E-state index in [0.717, 1.165) is 33.6 Å². The lowest BCUT2D eigenvalue weighted by Gasteiger charge is -2.15. The highest BCUT2D eigenvalue weighted by Crippen LogP contribution is 2.24. The van der Waals surface area contributed by atoms with Crippen LogP contribution in [0.1, 0.15) is 23.6 Å². The zero-order valence-corrected chi connectivity index (χ0v) is 15.0. The number of hydrogen-bond donors (Lipinski definition) is 1. The largest absolute Gasteiger partial charge is 0.494 e. The van der Waals surface area contributed by atoms with Crippen LogP contribution < -0.4 is 10.2 Å². The van der Waals surface area contributed by atoms with Crippen LogP contribution in [0.25, 0.3) is 0 Å². The Morgan fingerprint density at radius 2 is 1.96 bits per heavy atom. The highest BCUT2D eigenvalue weighted by atomic mass is 32.2. The molecule has 0 saturated heterocycles. The van der Waals surface area contributed by atoms with Crippen molar-refractivity contribution in [1.82, 2.24) is 5.43 Å². The molecule has 0 unspecified atom stereocenters. The quantitative estimate of drug-likeness (QED) is 0.896. The normalized spacial score (nSPS) is 15.8. The Hall–Kier alpha value is -2.27. The van der Waals surface area contributed by atoms with Crippen LogP contribution in [0.15, 0.2) is 52.6 Å². The van der Waals surface area contributed by atoms with Gasteiger partial charge in [0.2, 0.25) is 0 Å². The summed E-state index contributed by atoms with van der Waals surface area (Å²) in [6.07, 6.45) is 0. The zero-order valence-electron chi connectivity index (χ0n) is 14.2. The van der Waals surface area contributed by atoms with Gasteiger partial charge >= 0.3 is 0 Å². The first-order valence-corrected chi connectivity index (χ1v) is 8.99. The molecular formula is C19H21N3OS. The van der Waals surface area contributed by atoms with Crippen molar-refractivity contribution in [2.75, 3.05) is 12.4 Å². The molecule has 0 aliphatic carbocycles. The van der Waals surface area contributed by atoms with E-state index in [4.69, 9.17) is 4.74 Å². The van der Waals surface area contributed by atoms with E-state index < -0.39 is 0 Å². The molecule has 0 fully saturated rings. The van der Waals surface area contributed by atoms with Crippen LogP contribution in [0.3, 0.4) is 0 Å². The van der Waals surface area contributed by atoms with Crippen molar-refractivity contribution >= 4 is 28.3 Å². The third-order valence-electron chi connectivity index (χ3n) is 3.93. The molecule has 0 saturated carbocycles. The molecule has 1 N–H and O–H groups in total. The maximum absolute atomic E-state index is 5.47. The molecule has 0 spiro atoms. The molecule has 2 aromatic rings. The standard InChI is InChI=1S/C19H21N3OS/c1-4-23-16-10-8-15(9-11-16)18-12-24-19(22-21-18)20-17-7-5-6-13(2)14(17)3/h5-11H,4,12H2,1-3H3,(H,20,22). The lowest BCUT2D eigenvalue weighted by atomic mass is 10.1. The number of rotatable bonds is 4. The van der Waals surface area contributed by atoms with Crippen LogP contribution in [0.5, 0.6) is 5.75 Å². The third-order valence-corrected chi connectivity index (χ3v) is 4.80. The molecule has 0 bridgehead atoms. The fraction of sp³-hybridized carbons (Fsp3) is 0.263. The van der Waals surface area contributed by atoms with E-state index in [-0.39, 0.29) is 0 Å². The maximum atomic E-state index is 5.47. The van der Waals surface area contributed by atoms with Crippen molar-refractivity contribution in [3.8, 4) is 5.75 Å². The van der Waals surface area contributed by atoms with Crippen LogP contribution in [0.2, 0.25) is 0 Å². The average molecular weight is 339 g/mol. The molecular weight excluding hydrogens is 318 g/mol. The van der Waals surface area contributed by atoms with E-state index in [1.807, 2.05) is 43.3 Å². The van der Waals surface area contributed by atoms with Gasteiger partial charge in [-0.05, 0) is 67.8 Å². The highest BCUT2D eigenvalue weighted by Gasteiger charge is 2.13. The minimum Gasteiger partial charge on any atom is -0.494 e. The number of amidine groups is 1. The van der Waals surface area contributed by atoms with E-state index in [1.54, 1.807) is 11.8 Å². The zero-order chi connectivity index (χ0) is 16.9. The Kier molecular flexibility index (Phi) is 5.20. The monoisotopic (exact) mass is 339 g/mol. The van der Waals surface area contributed by atoms with Gasteiger partial charge in [-0.1, -0.05) is 23.9 Å². The number of aryl methyl sites for hydroxylation is 1. The van der Waals surface area contributed by atoms with Gasteiger partial charge in [-0.2, -0.15) is 5.10 Å². The van der Waals surface area contributed by atoms with Gasteiger partial charge in [-0.3, -0.25) is 5.43 Å². The summed E-state index contributed by atoms with van der Waals surface area (Å²) in [6, 6.07) is 14.2. The van der Waals surface area contributed by atoms with Crippen LogP contribution >= 0.6 is 11.8 Å². The van der Waals surface area contributed by atoms with E-state index in [1.165, 1.54) is 11.1 Å². The number of aliphatic imine (C=N–C) groups is 1. The van der Waals surface area contributed by atoms with E-state index in [9.17, 15) is 0 Å². The van der Waals surface area contributed by atoms with Crippen molar-refractivity contribution in [3.05, 3.63) is 59.2 Å². The molecule has 1 heterocycles. The molecule has 124 valence electrons. The summed E-state index contributed by atoms with van der Waals surface area (Å²) in [5.74, 6) is 1.68. The summed E-state index contributed by atoms with van der Waals surface area (Å²) >= 11 is 1.67. The fourth-order valence-corrected chi connectivity index (χ4v) is 3.18.